The molecule has 2 atom stereocenters. The van der Waals surface area contributed by atoms with E-state index in [4.69, 9.17) is 14.5 Å². The molecule has 1 fully saturated rings. The zero-order chi connectivity index (χ0) is 25.8. The molecule has 6 heteroatoms. The molecule has 0 aliphatic carbocycles. The minimum Gasteiger partial charge on any atom is -0.492 e. The van der Waals surface area contributed by atoms with Crippen molar-refractivity contribution in [3.8, 4) is 11.5 Å². The van der Waals surface area contributed by atoms with Crippen LogP contribution in [0.2, 0.25) is 0 Å². The zero-order valence-corrected chi connectivity index (χ0v) is 21.9. The smallest absolute Gasteiger partial charge is 0.227 e. The van der Waals surface area contributed by atoms with Gasteiger partial charge in [-0.3, -0.25) is 4.79 Å². The number of benzene rings is 3. The van der Waals surface area contributed by atoms with Gasteiger partial charge < -0.3 is 18.9 Å². The van der Waals surface area contributed by atoms with Crippen LogP contribution in [0.15, 0.2) is 72.8 Å². The number of amides is 1. The molecule has 5 rings (SSSR count). The Morgan fingerprint density at radius 2 is 1.73 bits per heavy atom. The lowest BCUT2D eigenvalue weighted by atomic mass is 9.99. The summed E-state index contributed by atoms with van der Waals surface area (Å²) in [5, 5.41) is 0. The summed E-state index contributed by atoms with van der Waals surface area (Å²) in [6.45, 7) is 8.71. The Hall–Kier alpha value is -3.80. The molecule has 6 nitrogen and oxygen atoms in total. The van der Waals surface area contributed by atoms with Crippen LogP contribution in [0, 0.1) is 0 Å². The Morgan fingerprint density at radius 3 is 2.51 bits per heavy atom. The third-order valence-corrected chi connectivity index (χ3v) is 7.28. The predicted molar refractivity (Wildman–Crippen MR) is 148 cm³/mol. The van der Waals surface area contributed by atoms with Crippen molar-refractivity contribution in [3.63, 3.8) is 0 Å². The van der Waals surface area contributed by atoms with Gasteiger partial charge in [-0.05, 0) is 61.2 Å². The molecule has 4 aromatic rings. The number of carbonyl (C=O) groups is 1. The summed E-state index contributed by atoms with van der Waals surface area (Å²) < 4.78 is 14.1. The van der Waals surface area contributed by atoms with E-state index in [1.807, 2.05) is 54.3 Å². The third-order valence-electron chi connectivity index (χ3n) is 7.28. The summed E-state index contributed by atoms with van der Waals surface area (Å²) in [7, 11) is 0. The van der Waals surface area contributed by atoms with Gasteiger partial charge in [-0.25, -0.2) is 4.98 Å². The van der Waals surface area contributed by atoms with E-state index < -0.39 is 0 Å². The monoisotopic (exact) mass is 497 g/mol. The molecule has 1 aliphatic rings. The van der Waals surface area contributed by atoms with Gasteiger partial charge >= 0.3 is 0 Å². The fourth-order valence-electron chi connectivity index (χ4n) is 5.09. The van der Waals surface area contributed by atoms with E-state index in [0.29, 0.717) is 38.6 Å². The standard InChI is InChI=1S/C31H35N3O3/c1-4-22(3)23-14-16-25(17-15-23)37-19-18-33-27-11-7-6-10-26(27)32-31(33)24-20-30(35)34(21-24)28-12-8-9-13-29(28)36-5-2/h6-17,22,24H,4-5,18-21H2,1-3H3/t22-,24-/m1/s1. The van der Waals surface area contributed by atoms with Crippen LogP contribution in [-0.4, -0.2) is 35.2 Å². The molecule has 0 bridgehead atoms. The van der Waals surface area contributed by atoms with Crippen molar-refractivity contribution in [1.82, 2.24) is 9.55 Å². The van der Waals surface area contributed by atoms with Crippen LogP contribution >= 0.6 is 0 Å². The van der Waals surface area contributed by atoms with Gasteiger partial charge in [-0.15, -0.1) is 0 Å². The fraction of sp³-hybridized carbons (Fsp3) is 0.355. The Morgan fingerprint density at radius 1 is 0.973 bits per heavy atom. The molecular weight excluding hydrogens is 462 g/mol. The molecule has 0 N–H and O–H groups in total. The molecular formula is C31H35N3O3. The Kier molecular flexibility index (Phi) is 7.45. The summed E-state index contributed by atoms with van der Waals surface area (Å²) in [6.07, 6.45) is 1.54. The summed E-state index contributed by atoms with van der Waals surface area (Å²) in [6, 6.07) is 24.3. The van der Waals surface area contributed by atoms with Crippen molar-refractivity contribution < 1.29 is 14.3 Å². The highest BCUT2D eigenvalue weighted by Crippen LogP contribution is 2.37. The first-order valence-corrected chi connectivity index (χ1v) is 13.3. The molecule has 1 saturated heterocycles. The Balaban J connectivity index is 1.35. The third kappa shape index (κ3) is 5.19. The van der Waals surface area contributed by atoms with Gasteiger partial charge in [0.15, 0.2) is 0 Å². The van der Waals surface area contributed by atoms with E-state index in [2.05, 4.69) is 48.7 Å². The molecule has 0 unspecified atom stereocenters. The maximum absolute atomic E-state index is 13.1. The number of hydrogen-bond donors (Lipinski definition) is 0. The minimum atomic E-state index is -0.00982. The second-order valence-electron chi connectivity index (χ2n) is 9.64. The first-order valence-electron chi connectivity index (χ1n) is 13.3. The van der Waals surface area contributed by atoms with E-state index >= 15 is 0 Å². The quantitative estimate of drug-likeness (QED) is 0.249. The molecule has 3 aromatic carbocycles. The van der Waals surface area contributed by atoms with E-state index in [1.54, 1.807) is 0 Å². The van der Waals surface area contributed by atoms with Crippen molar-refractivity contribution in [3.05, 3.63) is 84.2 Å². The highest BCUT2D eigenvalue weighted by Gasteiger charge is 2.36. The lowest BCUT2D eigenvalue weighted by Gasteiger charge is -2.20. The highest BCUT2D eigenvalue weighted by atomic mass is 16.5. The molecule has 1 aliphatic heterocycles. The van der Waals surface area contributed by atoms with Gasteiger partial charge in [0.2, 0.25) is 5.91 Å². The average Bonchev–Trinajstić information content (AvgIpc) is 3.49. The average molecular weight is 498 g/mol. The number of fused-ring (bicyclic) bond motifs is 1. The maximum Gasteiger partial charge on any atom is 0.227 e. The van der Waals surface area contributed by atoms with Crippen LogP contribution in [-0.2, 0) is 11.3 Å². The first-order chi connectivity index (χ1) is 18.1. The van der Waals surface area contributed by atoms with Gasteiger partial charge in [-0.1, -0.05) is 50.2 Å². The van der Waals surface area contributed by atoms with E-state index in [-0.39, 0.29) is 11.8 Å². The van der Waals surface area contributed by atoms with Gasteiger partial charge in [0.1, 0.15) is 23.9 Å². The van der Waals surface area contributed by atoms with Gasteiger partial charge in [-0.2, -0.15) is 0 Å². The second kappa shape index (κ2) is 11.1. The summed E-state index contributed by atoms with van der Waals surface area (Å²) in [4.78, 5) is 20.0. The summed E-state index contributed by atoms with van der Waals surface area (Å²) >= 11 is 0. The summed E-state index contributed by atoms with van der Waals surface area (Å²) in [5.41, 5.74) is 4.16. The van der Waals surface area contributed by atoms with Crippen molar-refractivity contribution >= 4 is 22.6 Å². The second-order valence-corrected chi connectivity index (χ2v) is 9.64. The molecule has 2 heterocycles. The lowest BCUT2D eigenvalue weighted by molar-refractivity contribution is -0.117. The maximum atomic E-state index is 13.1. The number of para-hydroxylation sites is 4. The predicted octanol–water partition coefficient (Wildman–Crippen LogP) is 6.55. The highest BCUT2D eigenvalue weighted by molar-refractivity contribution is 5.97. The van der Waals surface area contributed by atoms with Crippen LogP contribution < -0.4 is 14.4 Å². The molecule has 0 saturated carbocycles. The van der Waals surface area contributed by atoms with Crippen LogP contribution in [0.3, 0.4) is 0 Å². The Bertz CT molecular complexity index is 1360. The van der Waals surface area contributed by atoms with Crippen molar-refractivity contribution in [2.24, 2.45) is 0 Å². The normalized spacial score (nSPS) is 16.4. The van der Waals surface area contributed by atoms with Gasteiger partial charge in [0.25, 0.3) is 0 Å². The number of ether oxygens (including phenoxy) is 2. The number of imidazole rings is 1. The van der Waals surface area contributed by atoms with Crippen LogP contribution in [0.25, 0.3) is 11.0 Å². The fourth-order valence-corrected chi connectivity index (χ4v) is 5.09. The molecule has 37 heavy (non-hydrogen) atoms. The molecule has 0 radical (unpaired) electrons. The van der Waals surface area contributed by atoms with Crippen LogP contribution in [0.5, 0.6) is 11.5 Å². The number of rotatable bonds is 10. The van der Waals surface area contributed by atoms with Crippen molar-refractivity contribution in [2.45, 2.75) is 52.0 Å². The molecule has 1 amide bonds. The largest absolute Gasteiger partial charge is 0.492 e. The summed E-state index contributed by atoms with van der Waals surface area (Å²) in [5.74, 6) is 3.16. The van der Waals surface area contributed by atoms with E-state index in [0.717, 1.165) is 40.5 Å². The number of carbonyl (C=O) groups excluding carboxylic acids is 1. The number of aromatic nitrogens is 2. The van der Waals surface area contributed by atoms with E-state index in [1.165, 1.54) is 5.56 Å². The molecule has 0 spiro atoms. The molecule has 1 aromatic heterocycles. The SMILES string of the molecule is CCOc1ccccc1N1C[C@H](c2nc3ccccc3n2CCOc2ccc([C@H](C)CC)cc2)CC1=O. The lowest BCUT2D eigenvalue weighted by Crippen LogP contribution is -2.25. The topological polar surface area (TPSA) is 56.6 Å². The first kappa shape index (κ1) is 24.9. The van der Waals surface area contributed by atoms with Crippen LogP contribution in [0.4, 0.5) is 5.69 Å². The minimum absolute atomic E-state index is 0.00982. The molecule has 192 valence electrons. The van der Waals surface area contributed by atoms with Gasteiger partial charge in [0, 0.05) is 18.9 Å². The number of nitrogens with zero attached hydrogens (tertiary/aromatic N) is 3. The van der Waals surface area contributed by atoms with Crippen molar-refractivity contribution in [1.29, 1.82) is 0 Å². The number of hydrogen-bond acceptors (Lipinski definition) is 4. The Labute approximate surface area is 218 Å². The number of anilines is 1. The zero-order valence-electron chi connectivity index (χ0n) is 21.9. The van der Waals surface area contributed by atoms with E-state index in [9.17, 15) is 4.79 Å². The van der Waals surface area contributed by atoms with Gasteiger partial charge in [0.05, 0.1) is 29.9 Å². The van der Waals surface area contributed by atoms with Crippen molar-refractivity contribution in [2.75, 3.05) is 24.7 Å². The van der Waals surface area contributed by atoms with Crippen LogP contribution in [0.1, 0.15) is 56.8 Å².